The molecule has 6 heteroatoms. The molecule has 0 bridgehead atoms. The van der Waals surface area contributed by atoms with Gasteiger partial charge >= 0.3 is 0 Å². The molecular formula is C26H25N3O3. The van der Waals surface area contributed by atoms with Crippen LogP contribution in [0.1, 0.15) is 18.2 Å². The third-order valence-corrected chi connectivity index (χ3v) is 5.11. The summed E-state index contributed by atoms with van der Waals surface area (Å²) in [5, 5.41) is 2.91. The van der Waals surface area contributed by atoms with E-state index in [0.717, 1.165) is 39.7 Å². The van der Waals surface area contributed by atoms with Crippen molar-refractivity contribution < 1.29 is 14.3 Å². The fourth-order valence-electron chi connectivity index (χ4n) is 3.46. The monoisotopic (exact) mass is 427 g/mol. The first-order valence-electron chi connectivity index (χ1n) is 10.4. The van der Waals surface area contributed by atoms with Crippen molar-refractivity contribution in [1.29, 1.82) is 0 Å². The number of carbonyl (C=O) groups is 1. The summed E-state index contributed by atoms with van der Waals surface area (Å²) in [5.41, 5.74) is 5.33. The fraction of sp³-hybridized carbons (Fsp3) is 0.154. The number of benzene rings is 2. The van der Waals surface area contributed by atoms with Crippen LogP contribution in [-0.4, -0.2) is 29.0 Å². The Kier molecular flexibility index (Phi) is 6.22. The second kappa shape index (κ2) is 9.39. The van der Waals surface area contributed by atoms with Crippen LogP contribution in [0.3, 0.4) is 0 Å². The van der Waals surface area contributed by atoms with Gasteiger partial charge in [-0.15, -0.1) is 0 Å². The lowest BCUT2D eigenvalue weighted by Crippen LogP contribution is -2.08. The molecule has 0 saturated carbocycles. The van der Waals surface area contributed by atoms with E-state index in [-0.39, 0.29) is 5.91 Å². The summed E-state index contributed by atoms with van der Waals surface area (Å²) in [6.45, 7) is 4.58. The molecule has 1 amide bonds. The fourth-order valence-corrected chi connectivity index (χ4v) is 3.46. The minimum Gasteiger partial charge on any atom is -0.497 e. The zero-order chi connectivity index (χ0) is 22.5. The molecule has 32 heavy (non-hydrogen) atoms. The number of amides is 1. The van der Waals surface area contributed by atoms with Crippen molar-refractivity contribution in [3.05, 3.63) is 84.2 Å². The van der Waals surface area contributed by atoms with Crippen molar-refractivity contribution in [3.8, 4) is 22.8 Å². The molecular weight excluding hydrogens is 402 g/mol. The summed E-state index contributed by atoms with van der Waals surface area (Å²) in [4.78, 5) is 17.1. The minimum absolute atomic E-state index is 0.202. The number of hydrogen-bond donors (Lipinski definition) is 1. The molecule has 0 unspecified atom stereocenters. The van der Waals surface area contributed by atoms with Crippen LogP contribution in [0, 0.1) is 6.92 Å². The van der Waals surface area contributed by atoms with Crippen LogP contribution >= 0.6 is 0 Å². The molecule has 162 valence electrons. The number of aryl methyl sites for hydroxylation is 1. The average molecular weight is 428 g/mol. The molecule has 2 aromatic heterocycles. The summed E-state index contributed by atoms with van der Waals surface area (Å²) in [6.07, 6.45) is 5.17. The zero-order valence-electron chi connectivity index (χ0n) is 18.3. The van der Waals surface area contributed by atoms with Crippen LogP contribution < -0.4 is 14.8 Å². The van der Waals surface area contributed by atoms with Gasteiger partial charge in [0.05, 0.1) is 25.1 Å². The molecule has 0 spiro atoms. The highest BCUT2D eigenvalue weighted by Gasteiger charge is 2.11. The van der Waals surface area contributed by atoms with Crippen molar-refractivity contribution in [3.63, 3.8) is 0 Å². The predicted octanol–water partition coefficient (Wildman–Crippen LogP) is 5.37. The smallest absolute Gasteiger partial charge is 0.248 e. The maximum Gasteiger partial charge on any atom is 0.248 e. The van der Waals surface area contributed by atoms with Crippen LogP contribution in [0.25, 0.3) is 23.0 Å². The van der Waals surface area contributed by atoms with E-state index in [1.807, 2.05) is 85.1 Å². The first kappa shape index (κ1) is 21.2. The number of nitrogens with zero attached hydrogens (tertiary/aromatic N) is 2. The highest BCUT2D eigenvalue weighted by molar-refractivity contribution is 6.01. The lowest BCUT2D eigenvalue weighted by molar-refractivity contribution is -0.111. The van der Waals surface area contributed by atoms with Crippen LogP contribution in [0.15, 0.2) is 72.9 Å². The zero-order valence-corrected chi connectivity index (χ0v) is 18.3. The Morgan fingerprint density at radius 3 is 2.44 bits per heavy atom. The maximum absolute atomic E-state index is 12.4. The Balaban J connectivity index is 1.49. The molecule has 6 nitrogen and oxygen atoms in total. The maximum atomic E-state index is 12.4. The summed E-state index contributed by atoms with van der Waals surface area (Å²) in [7, 11) is 1.65. The molecule has 2 aromatic carbocycles. The van der Waals surface area contributed by atoms with Crippen LogP contribution in [0.4, 0.5) is 5.69 Å². The molecule has 2 heterocycles. The molecule has 0 fully saturated rings. The van der Waals surface area contributed by atoms with Gasteiger partial charge in [0.15, 0.2) is 0 Å². The Labute approximate surface area is 187 Å². The second-order valence-corrected chi connectivity index (χ2v) is 7.24. The molecule has 0 aliphatic heterocycles. The molecule has 0 aliphatic carbocycles. The number of aromatic nitrogens is 2. The SMILES string of the molecule is CCOc1ccc(/C=C/C(=O)Nc2ccc3nc(-c4ccc(OC)cc4)c(C)n3c2)cc1. The number of anilines is 1. The Bertz CT molecular complexity index is 1260. The van der Waals surface area contributed by atoms with Crippen molar-refractivity contribution >= 4 is 23.3 Å². The normalized spacial score (nSPS) is 11.1. The summed E-state index contributed by atoms with van der Waals surface area (Å²) >= 11 is 0. The lowest BCUT2D eigenvalue weighted by atomic mass is 10.1. The van der Waals surface area contributed by atoms with E-state index in [2.05, 4.69) is 5.32 Å². The predicted molar refractivity (Wildman–Crippen MR) is 127 cm³/mol. The van der Waals surface area contributed by atoms with Crippen molar-refractivity contribution in [2.75, 3.05) is 19.0 Å². The Hall–Kier alpha value is -4.06. The standard InChI is InChI=1S/C26H25N3O3/c1-4-32-23-11-5-19(6-12-23)7-16-25(30)27-21-10-15-24-28-26(18(2)29(24)17-21)20-8-13-22(31-3)14-9-20/h5-17H,4H2,1-3H3,(H,27,30)/b16-7+. The van der Waals surface area contributed by atoms with Crippen LogP contribution in [0.5, 0.6) is 11.5 Å². The van der Waals surface area contributed by atoms with Crippen molar-refractivity contribution in [2.45, 2.75) is 13.8 Å². The topological polar surface area (TPSA) is 64.9 Å². The lowest BCUT2D eigenvalue weighted by Gasteiger charge is -2.05. The molecule has 0 aliphatic rings. The van der Waals surface area contributed by atoms with E-state index in [1.54, 1.807) is 13.2 Å². The first-order valence-corrected chi connectivity index (χ1v) is 10.4. The number of ether oxygens (including phenoxy) is 2. The Morgan fingerprint density at radius 2 is 1.75 bits per heavy atom. The molecule has 0 atom stereocenters. The van der Waals surface area contributed by atoms with E-state index < -0.39 is 0 Å². The van der Waals surface area contributed by atoms with E-state index >= 15 is 0 Å². The summed E-state index contributed by atoms with van der Waals surface area (Å²) in [6, 6.07) is 19.2. The van der Waals surface area contributed by atoms with Crippen LogP contribution in [-0.2, 0) is 4.79 Å². The van der Waals surface area contributed by atoms with Gasteiger partial charge in [0, 0.05) is 23.5 Å². The number of hydrogen-bond acceptors (Lipinski definition) is 4. The number of fused-ring (bicyclic) bond motifs is 1. The molecule has 1 N–H and O–H groups in total. The number of imidazole rings is 1. The minimum atomic E-state index is -0.202. The van der Waals surface area contributed by atoms with Gasteiger partial charge in [-0.25, -0.2) is 4.98 Å². The van der Waals surface area contributed by atoms with Crippen molar-refractivity contribution in [1.82, 2.24) is 9.38 Å². The Morgan fingerprint density at radius 1 is 1.03 bits per heavy atom. The van der Waals surface area contributed by atoms with Gasteiger partial charge < -0.3 is 19.2 Å². The second-order valence-electron chi connectivity index (χ2n) is 7.24. The van der Waals surface area contributed by atoms with Crippen molar-refractivity contribution in [2.24, 2.45) is 0 Å². The number of methoxy groups -OCH3 is 1. The largest absolute Gasteiger partial charge is 0.497 e. The van der Waals surface area contributed by atoms with E-state index in [1.165, 1.54) is 6.08 Å². The molecule has 4 aromatic rings. The number of carbonyl (C=O) groups excluding carboxylic acids is 1. The highest BCUT2D eigenvalue weighted by atomic mass is 16.5. The van der Waals surface area contributed by atoms with E-state index in [9.17, 15) is 4.79 Å². The number of pyridine rings is 1. The van der Waals surface area contributed by atoms with Gasteiger partial charge in [-0.1, -0.05) is 12.1 Å². The summed E-state index contributed by atoms with van der Waals surface area (Å²) in [5.74, 6) is 1.41. The van der Waals surface area contributed by atoms with Gasteiger partial charge in [-0.05, 0) is 74.0 Å². The van der Waals surface area contributed by atoms with Crippen LogP contribution in [0.2, 0.25) is 0 Å². The van der Waals surface area contributed by atoms with Gasteiger partial charge in [0.1, 0.15) is 17.1 Å². The van der Waals surface area contributed by atoms with Gasteiger partial charge in [0.25, 0.3) is 0 Å². The number of rotatable bonds is 7. The molecule has 0 saturated heterocycles. The van der Waals surface area contributed by atoms with Gasteiger partial charge in [-0.2, -0.15) is 0 Å². The first-order chi connectivity index (χ1) is 15.6. The molecule has 4 rings (SSSR count). The third kappa shape index (κ3) is 4.64. The molecule has 0 radical (unpaired) electrons. The summed E-state index contributed by atoms with van der Waals surface area (Å²) < 4.78 is 12.6. The van der Waals surface area contributed by atoms with Gasteiger partial charge in [-0.3, -0.25) is 4.79 Å². The van der Waals surface area contributed by atoms with E-state index in [0.29, 0.717) is 12.3 Å². The van der Waals surface area contributed by atoms with Gasteiger partial charge in [0.2, 0.25) is 5.91 Å². The third-order valence-electron chi connectivity index (χ3n) is 5.11. The van der Waals surface area contributed by atoms with E-state index in [4.69, 9.17) is 14.5 Å². The number of nitrogens with one attached hydrogen (secondary N) is 1. The average Bonchev–Trinajstić information content (AvgIpc) is 3.15. The highest BCUT2D eigenvalue weighted by Crippen LogP contribution is 2.26. The quantitative estimate of drug-likeness (QED) is 0.403.